The molecule has 7 nitrogen and oxygen atoms in total. The summed E-state index contributed by atoms with van der Waals surface area (Å²) in [6, 6.07) is 12.5. The van der Waals surface area contributed by atoms with E-state index in [2.05, 4.69) is 5.32 Å². The maximum Gasteiger partial charge on any atom is 0.251 e. The van der Waals surface area contributed by atoms with Gasteiger partial charge < -0.3 is 19.5 Å². The van der Waals surface area contributed by atoms with Crippen LogP contribution in [0.5, 0.6) is 11.5 Å². The zero-order valence-electron chi connectivity index (χ0n) is 16.1. The Morgan fingerprint density at radius 3 is 2.69 bits per heavy atom. The lowest BCUT2D eigenvalue weighted by Crippen LogP contribution is -2.31. The summed E-state index contributed by atoms with van der Waals surface area (Å²) >= 11 is 1.51. The van der Waals surface area contributed by atoms with Gasteiger partial charge >= 0.3 is 0 Å². The SMILES string of the molecule is CCOc1ccc(C(=O)NCC(=N)OC(=N)c2csc3ccccc23)cc1OC. The fourth-order valence-corrected chi connectivity index (χ4v) is 3.66. The van der Waals surface area contributed by atoms with E-state index in [0.29, 0.717) is 29.2 Å². The highest BCUT2D eigenvalue weighted by molar-refractivity contribution is 7.17. The summed E-state index contributed by atoms with van der Waals surface area (Å²) in [5.41, 5.74) is 0.995. The van der Waals surface area contributed by atoms with Crippen molar-refractivity contribution < 1.29 is 19.0 Å². The number of thiophene rings is 1. The number of ether oxygens (including phenoxy) is 3. The summed E-state index contributed by atoms with van der Waals surface area (Å²) < 4.78 is 17.0. The summed E-state index contributed by atoms with van der Waals surface area (Å²) in [5.74, 6) is 0.282. The highest BCUT2D eigenvalue weighted by Crippen LogP contribution is 2.28. The van der Waals surface area contributed by atoms with Crippen LogP contribution in [-0.4, -0.2) is 38.0 Å². The third-order valence-electron chi connectivity index (χ3n) is 4.09. The molecule has 0 unspecified atom stereocenters. The van der Waals surface area contributed by atoms with Crippen molar-refractivity contribution in [1.82, 2.24) is 5.32 Å². The van der Waals surface area contributed by atoms with Gasteiger partial charge in [-0.3, -0.25) is 15.6 Å². The number of benzene rings is 2. The van der Waals surface area contributed by atoms with Gasteiger partial charge in [0.05, 0.1) is 25.8 Å². The van der Waals surface area contributed by atoms with E-state index in [-0.39, 0.29) is 24.2 Å². The van der Waals surface area contributed by atoms with Crippen LogP contribution in [0.15, 0.2) is 47.8 Å². The lowest BCUT2D eigenvalue weighted by Gasteiger charge is -2.12. The molecule has 0 radical (unpaired) electrons. The van der Waals surface area contributed by atoms with Crippen LogP contribution in [0.1, 0.15) is 22.8 Å². The van der Waals surface area contributed by atoms with Crippen molar-refractivity contribution >= 4 is 39.1 Å². The molecule has 1 heterocycles. The number of hydrogen-bond donors (Lipinski definition) is 3. The number of fused-ring (bicyclic) bond motifs is 1. The van der Waals surface area contributed by atoms with Gasteiger partial charge in [0.25, 0.3) is 5.91 Å². The summed E-state index contributed by atoms with van der Waals surface area (Å²) in [7, 11) is 1.50. The minimum absolute atomic E-state index is 0.121. The van der Waals surface area contributed by atoms with Crippen LogP contribution in [-0.2, 0) is 4.74 Å². The quantitative estimate of drug-likeness (QED) is 0.403. The predicted molar refractivity (Wildman–Crippen MR) is 114 cm³/mol. The number of nitrogens with one attached hydrogen (secondary N) is 3. The summed E-state index contributed by atoms with van der Waals surface area (Å²) in [4.78, 5) is 12.4. The molecule has 0 spiro atoms. The van der Waals surface area contributed by atoms with E-state index >= 15 is 0 Å². The molecule has 0 bridgehead atoms. The molecule has 0 saturated heterocycles. The van der Waals surface area contributed by atoms with Crippen molar-refractivity contribution in [1.29, 1.82) is 10.8 Å². The van der Waals surface area contributed by atoms with E-state index in [1.165, 1.54) is 18.4 Å². The Hall–Kier alpha value is -3.39. The summed E-state index contributed by atoms with van der Waals surface area (Å²) in [6.07, 6.45) is 0. The molecule has 1 amide bonds. The highest BCUT2D eigenvalue weighted by atomic mass is 32.1. The first-order valence-corrected chi connectivity index (χ1v) is 9.81. The number of carbonyl (C=O) groups excluding carboxylic acids is 1. The van der Waals surface area contributed by atoms with Crippen molar-refractivity contribution in [3.05, 3.63) is 59.0 Å². The van der Waals surface area contributed by atoms with Crippen LogP contribution in [0.4, 0.5) is 0 Å². The van der Waals surface area contributed by atoms with Crippen LogP contribution in [0, 0.1) is 10.8 Å². The van der Waals surface area contributed by atoms with Gasteiger partial charge in [-0.1, -0.05) is 18.2 Å². The van der Waals surface area contributed by atoms with E-state index in [1.54, 1.807) is 18.2 Å². The number of carbonyl (C=O) groups is 1. The molecular weight excluding hydrogens is 390 g/mol. The Kier molecular flexibility index (Phi) is 6.46. The van der Waals surface area contributed by atoms with E-state index in [9.17, 15) is 4.79 Å². The molecule has 8 heteroatoms. The largest absolute Gasteiger partial charge is 0.493 e. The van der Waals surface area contributed by atoms with Crippen molar-refractivity contribution in [2.75, 3.05) is 20.3 Å². The van der Waals surface area contributed by atoms with Crippen LogP contribution < -0.4 is 14.8 Å². The minimum Gasteiger partial charge on any atom is -0.493 e. The molecule has 0 atom stereocenters. The highest BCUT2D eigenvalue weighted by Gasteiger charge is 2.14. The van der Waals surface area contributed by atoms with Gasteiger partial charge in [-0.2, -0.15) is 0 Å². The average Bonchev–Trinajstić information content (AvgIpc) is 3.17. The molecule has 0 aliphatic rings. The molecule has 150 valence electrons. The number of hydrogen-bond acceptors (Lipinski definition) is 7. The molecule has 3 aromatic rings. The molecule has 3 N–H and O–H groups in total. The normalized spacial score (nSPS) is 10.4. The van der Waals surface area contributed by atoms with Crippen molar-refractivity contribution in [2.45, 2.75) is 6.92 Å². The van der Waals surface area contributed by atoms with Crippen LogP contribution in [0.3, 0.4) is 0 Å². The first-order chi connectivity index (χ1) is 14.0. The second-order valence-electron chi connectivity index (χ2n) is 5.98. The van der Waals surface area contributed by atoms with Gasteiger partial charge in [0, 0.05) is 21.0 Å². The fourth-order valence-electron chi connectivity index (χ4n) is 2.71. The van der Waals surface area contributed by atoms with Gasteiger partial charge in [-0.05, 0) is 31.2 Å². The van der Waals surface area contributed by atoms with Gasteiger partial charge in [0.15, 0.2) is 11.5 Å². The molecule has 1 aromatic heterocycles. The molecule has 29 heavy (non-hydrogen) atoms. The molecular formula is C21H21N3O4S. The van der Waals surface area contributed by atoms with E-state index in [1.807, 2.05) is 36.6 Å². The monoisotopic (exact) mass is 411 g/mol. The lowest BCUT2D eigenvalue weighted by atomic mass is 10.2. The van der Waals surface area contributed by atoms with E-state index < -0.39 is 0 Å². The van der Waals surface area contributed by atoms with Crippen molar-refractivity contribution in [3.63, 3.8) is 0 Å². The van der Waals surface area contributed by atoms with Gasteiger partial charge in [0.1, 0.15) is 0 Å². The number of amides is 1. The Bertz CT molecular complexity index is 1060. The fraction of sp³-hybridized carbons (Fsp3) is 0.190. The van der Waals surface area contributed by atoms with Crippen molar-refractivity contribution in [2.24, 2.45) is 0 Å². The molecule has 0 saturated carbocycles. The Morgan fingerprint density at radius 1 is 1.14 bits per heavy atom. The summed E-state index contributed by atoms with van der Waals surface area (Å²) in [5, 5.41) is 21.4. The topological polar surface area (TPSA) is 104 Å². The van der Waals surface area contributed by atoms with Gasteiger partial charge in [-0.25, -0.2) is 0 Å². The Morgan fingerprint density at radius 2 is 1.93 bits per heavy atom. The first-order valence-electron chi connectivity index (χ1n) is 8.93. The Labute approximate surface area is 172 Å². The van der Waals surface area contributed by atoms with Crippen LogP contribution >= 0.6 is 11.3 Å². The lowest BCUT2D eigenvalue weighted by molar-refractivity contribution is 0.0957. The van der Waals surface area contributed by atoms with Gasteiger partial charge in [-0.15, -0.1) is 11.3 Å². The summed E-state index contributed by atoms with van der Waals surface area (Å²) in [6.45, 7) is 2.21. The maximum atomic E-state index is 12.4. The standard InChI is InChI=1S/C21H21N3O4S/c1-3-27-16-9-8-13(10-17(16)26-2)21(25)24-11-19(22)28-20(23)15-12-29-18-7-5-4-6-14(15)18/h4-10,12,22-23H,3,11H2,1-2H3,(H,24,25). The Balaban J connectivity index is 1.59. The van der Waals surface area contributed by atoms with E-state index in [4.69, 9.17) is 25.0 Å². The predicted octanol–water partition coefficient (Wildman–Crippen LogP) is 4.06. The van der Waals surface area contributed by atoms with Crippen LogP contribution in [0.2, 0.25) is 0 Å². The van der Waals surface area contributed by atoms with Crippen LogP contribution in [0.25, 0.3) is 10.1 Å². The number of methoxy groups -OCH3 is 1. The first kappa shape index (κ1) is 20.3. The second kappa shape index (κ2) is 9.20. The maximum absolute atomic E-state index is 12.4. The zero-order valence-corrected chi connectivity index (χ0v) is 16.9. The third-order valence-corrected chi connectivity index (χ3v) is 5.05. The van der Waals surface area contributed by atoms with Crippen molar-refractivity contribution in [3.8, 4) is 11.5 Å². The molecule has 3 rings (SSSR count). The second-order valence-corrected chi connectivity index (χ2v) is 6.89. The zero-order chi connectivity index (χ0) is 20.8. The average molecular weight is 411 g/mol. The van der Waals surface area contributed by atoms with Gasteiger partial charge in [0.2, 0.25) is 11.8 Å². The molecule has 2 aromatic carbocycles. The molecule has 0 aliphatic carbocycles. The third kappa shape index (κ3) is 4.72. The van der Waals surface area contributed by atoms with E-state index in [0.717, 1.165) is 10.1 Å². The molecule has 0 fully saturated rings. The number of rotatable bonds is 7. The molecule has 0 aliphatic heterocycles. The smallest absolute Gasteiger partial charge is 0.251 e. The minimum atomic E-state index is -0.382.